The highest BCUT2D eigenvalue weighted by molar-refractivity contribution is 7.76. The molecule has 3 rings (SSSR count). The Bertz CT molecular complexity index is 836. The molecule has 2 fully saturated rings. The van der Waals surface area contributed by atoms with E-state index in [2.05, 4.69) is 5.32 Å². The molecule has 0 spiro atoms. The number of benzene rings is 1. The highest BCUT2D eigenvalue weighted by Gasteiger charge is 2.42. The van der Waals surface area contributed by atoms with Crippen LogP contribution in [0.2, 0.25) is 0 Å². The second kappa shape index (κ2) is 9.61. The molecule has 1 unspecified atom stereocenters. The van der Waals surface area contributed by atoms with Gasteiger partial charge in [-0.2, -0.15) is 13.2 Å². The third-order valence-electron chi connectivity index (χ3n) is 5.54. The molecule has 7 nitrogen and oxygen atoms in total. The van der Waals surface area contributed by atoms with Gasteiger partial charge in [0.1, 0.15) is 12.2 Å². The van der Waals surface area contributed by atoms with Crippen molar-refractivity contribution in [2.24, 2.45) is 5.92 Å². The average molecular weight is 465 g/mol. The van der Waals surface area contributed by atoms with Crippen molar-refractivity contribution < 1.29 is 35.9 Å². The molecule has 2 heterocycles. The van der Waals surface area contributed by atoms with Gasteiger partial charge in [0.2, 0.25) is 23.1 Å². The summed E-state index contributed by atoms with van der Waals surface area (Å²) in [4.78, 5) is 26.7. The zero-order valence-corrected chi connectivity index (χ0v) is 17.3. The molecule has 4 atom stereocenters. The molecule has 0 bridgehead atoms. The molecule has 1 aromatic rings. The Balaban J connectivity index is 1.61. The first-order valence-electron chi connectivity index (χ1n) is 9.80. The second-order valence-electron chi connectivity index (χ2n) is 7.71. The highest BCUT2D eigenvalue weighted by Crippen LogP contribution is 2.29. The van der Waals surface area contributed by atoms with E-state index >= 15 is 0 Å². The fourth-order valence-electron chi connectivity index (χ4n) is 3.92. The third kappa shape index (κ3) is 5.80. The van der Waals surface area contributed by atoms with Gasteiger partial charge in [0, 0.05) is 26.1 Å². The van der Waals surface area contributed by atoms with Gasteiger partial charge in [0.05, 0.1) is 18.0 Å². The maximum absolute atomic E-state index is 14.1. The number of halogens is 4. The van der Waals surface area contributed by atoms with E-state index in [0.29, 0.717) is 24.9 Å². The Morgan fingerprint density at radius 2 is 1.87 bits per heavy atom. The third-order valence-corrected chi connectivity index (χ3v) is 6.31. The zero-order valence-electron chi connectivity index (χ0n) is 16.5. The molecule has 12 heteroatoms. The molecule has 0 saturated carbocycles. The molecule has 2 aliphatic heterocycles. The zero-order chi connectivity index (χ0) is 22.8. The van der Waals surface area contributed by atoms with E-state index in [1.54, 1.807) is 0 Å². The Labute approximate surface area is 179 Å². The van der Waals surface area contributed by atoms with Crippen LogP contribution in [0.3, 0.4) is 0 Å². The van der Waals surface area contributed by atoms with Crippen LogP contribution in [0.1, 0.15) is 30.4 Å². The normalized spacial score (nSPS) is 26.0. The lowest BCUT2D eigenvalue weighted by Gasteiger charge is -2.33. The molecule has 2 amide bonds. The number of rotatable bonds is 5. The van der Waals surface area contributed by atoms with Crippen molar-refractivity contribution in [3.8, 4) is 0 Å². The van der Waals surface area contributed by atoms with Crippen molar-refractivity contribution in [1.29, 1.82) is 0 Å². The van der Waals surface area contributed by atoms with Crippen LogP contribution in [0.15, 0.2) is 24.3 Å². The van der Waals surface area contributed by atoms with E-state index in [9.17, 15) is 35.9 Å². The topological polar surface area (TPSA) is 90.0 Å². The number of nitrogens with zero attached hydrogens (tertiary/aromatic N) is 2. The smallest absolute Gasteiger partial charge is 0.350 e. The van der Waals surface area contributed by atoms with E-state index in [-0.39, 0.29) is 26.1 Å². The fourth-order valence-corrected chi connectivity index (χ4v) is 4.51. The standard InChI is InChI=1S/C19H23F4N3O4S/c20-15-8-16(17(27)24-9-12-3-5-14(6-4-12)19(21,22)23)26(11-15)18(28)13-2-1-7-25(10-13)31(29)30/h3-6,13,15-16H,1-2,7-11H2,(H,24,27)(H,29,30)/t13-,15-,16+/m0/s1. The summed E-state index contributed by atoms with van der Waals surface area (Å²) < 4.78 is 73.8. The van der Waals surface area contributed by atoms with Gasteiger partial charge >= 0.3 is 6.18 Å². The summed E-state index contributed by atoms with van der Waals surface area (Å²) in [6.45, 7) is 0.119. The summed E-state index contributed by atoms with van der Waals surface area (Å²) >= 11 is -2.21. The molecule has 0 aliphatic carbocycles. The Morgan fingerprint density at radius 1 is 1.19 bits per heavy atom. The Hall–Kier alpha value is -2.05. The van der Waals surface area contributed by atoms with Crippen molar-refractivity contribution in [1.82, 2.24) is 14.5 Å². The molecule has 31 heavy (non-hydrogen) atoms. The molecular formula is C19H23F4N3O4S. The molecule has 0 aromatic heterocycles. The minimum absolute atomic E-state index is 0.0509. The number of carbonyl (C=O) groups excluding carboxylic acids is 2. The summed E-state index contributed by atoms with van der Waals surface area (Å²) in [6, 6.07) is 3.26. The van der Waals surface area contributed by atoms with Crippen LogP contribution in [0.4, 0.5) is 17.6 Å². The summed E-state index contributed by atoms with van der Waals surface area (Å²) in [6.07, 6.45) is -5.01. The van der Waals surface area contributed by atoms with Gasteiger partial charge in [-0.1, -0.05) is 12.1 Å². The fraction of sp³-hybridized carbons (Fsp3) is 0.579. The van der Waals surface area contributed by atoms with Gasteiger partial charge in [-0.25, -0.2) is 12.9 Å². The SMILES string of the molecule is O=C(NCc1ccc(C(F)(F)F)cc1)[C@H]1C[C@H](F)CN1C(=O)[C@H]1CCCN(S(=O)O)C1. The second-order valence-corrected chi connectivity index (χ2v) is 8.69. The molecule has 172 valence electrons. The van der Waals surface area contributed by atoms with Gasteiger partial charge in [-0.3, -0.25) is 14.1 Å². The molecule has 2 saturated heterocycles. The van der Waals surface area contributed by atoms with Crippen LogP contribution in [-0.2, 0) is 33.6 Å². The minimum atomic E-state index is -4.46. The monoisotopic (exact) mass is 465 g/mol. The lowest BCUT2D eigenvalue weighted by Crippen LogP contribution is -2.50. The van der Waals surface area contributed by atoms with Gasteiger partial charge in [-0.05, 0) is 30.5 Å². The lowest BCUT2D eigenvalue weighted by molar-refractivity contribution is -0.142. The highest BCUT2D eigenvalue weighted by atomic mass is 32.2. The van der Waals surface area contributed by atoms with Crippen molar-refractivity contribution in [2.45, 2.75) is 44.2 Å². The van der Waals surface area contributed by atoms with Crippen LogP contribution in [0.25, 0.3) is 0 Å². The van der Waals surface area contributed by atoms with Gasteiger partial charge in [-0.15, -0.1) is 0 Å². The van der Waals surface area contributed by atoms with E-state index in [1.807, 2.05) is 0 Å². The molecule has 0 radical (unpaired) electrons. The molecule has 1 aromatic carbocycles. The average Bonchev–Trinajstić information content (AvgIpc) is 3.13. The number of carbonyl (C=O) groups is 2. The van der Waals surface area contributed by atoms with Crippen LogP contribution >= 0.6 is 0 Å². The van der Waals surface area contributed by atoms with Gasteiger partial charge in [0.15, 0.2) is 0 Å². The van der Waals surface area contributed by atoms with E-state index in [1.165, 1.54) is 21.3 Å². The van der Waals surface area contributed by atoms with Crippen LogP contribution in [0.5, 0.6) is 0 Å². The summed E-state index contributed by atoms with van der Waals surface area (Å²) in [5, 5.41) is 2.55. The van der Waals surface area contributed by atoms with Crippen LogP contribution < -0.4 is 5.32 Å². The minimum Gasteiger partial charge on any atom is -0.350 e. The van der Waals surface area contributed by atoms with E-state index in [4.69, 9.17) is 0 Å². The first-order valence-corrected chi connectivity index (χ1v) is 10.9. The maximum Gasteiger partial charge on any atom is 0.416 e. The largest absolute Gasteiger partial charge is 0.416 e. The molecule has 2 N–H and O–H groups in total. The predicted molar refractivity (Wildman–Crippen MR) is 103 cm³/mol. The summed E-state index contributed by atoms with van der Waals surface area (Å²) in [7, 11) is 0. The maximum atomic E-state index is 14.1. The van der Waals surface area contributed by atoms with Gasteiger partial charge < -0.3 is 10.2 Å². The van der Waals surface area contributed by atoms with Crippen molar-refractivity contribution in [2.75, 3.05) is 19.6 Å². The number of hydrogen-bond donors (Lipinski definition) is 2. The van der Waals surface area contributed by atoms with Crippen molar-refractivity contribution >= 4 is 23.1 Å². The van der Waals surface area contributed by atoms with E-state index < -0.39 is 53.0 Å². The molecule has 2 aliphatic rings. The van der Waals surface area contributed by atoms with Crippen LogP contribution in [0, 0.1) is 5.92 Å². The Kier molecular flexibility index (Phi) is 7.32. The first-order chi connectivity index (χ1) is 14.6. The van der Waals surface area contributed by atoms with Gasteiger partial charge in [0.25, 0.3) is 0 Å². The van der Waals surface area contributed by atoms with E-state index in [0.717, 1.165) is 12.1 Å². The van der Waals surface area contributed by atoms with Crippen molar-refractivity contribution in [3.63, 3.8) is 0 Å². The number of hydrogen-bond acceptors (Lipinski definition) is 3. The van der Waals surface area contributed by atoms with Crippen LogP contribution in [-0.4, -0.2) is 61.6 Å². The lowest BCUT2D eigenvalue weighted by atomic mass is 9.97. The Morgan fingerprint density at radius 3 is 2.48 bits per heavy atom. The number of nitrogens with one attached hydrogen (secondary N) is 1. The number of alkyl halides is 4. The number of likely N-dealkylation sites (tertiary alicyclic amines) is 1. The summed E-state index contributed by atoms with van der Waals surface area (Å²) in [5.41, 5.74) is -0.372. The summed E-state index contributed by atoms with van der Waals surface area (Å²) in [5.74, 6) is -1.64. The number of piperidine rings is 1. The first kappa shape index (κ1) is 23.6. The predicted octanol–water partition coefficient (Wildman–Crippen LogP) is 2.11. The van der Waals surface area contributed by atoms with Crippen molar-refractivity contribution in [3.05, 3.63) is 35.4 Å². The molecular weight excluding hydrogens is 442 g/mol. The quantitative estimate of drug-likeness (QED) is 0.515. The number of amides is 2.